The molecule has 1 N–H and O–H groups in total. The fraction of sp³-hybridized carbons (Fsp3) is 0.571. The van der Waals surface area contributed by atoms with Crippen molar-refractivity contribution >= 4 is 0 Å². The average molecular weight is 235 g/mol. The molecule has 17 heavy (non-hydrogen) atoms. The van der Waals surface area contributed by atoms with Gasteiger partial charge in [0.1, 0.15) is 0 Å². The molecule has 3 heteroatoms. The van der Waals surface area contributed by atoms with E-state index >= 15 is 0 Å². The van der Waals surface area contributed by atoms with Gasteiger partial charge in [-0.25, -0.2) is 0 Å². The van der Waals surface area contributed by atoms with Gasteiger partial charge in [-0.2, -0.15) is 0 Å². The second kappa shape index (κ2) is 4.96. The van der Waals surface area contributed by atoms with Gasteiger partial charge in [-0.15, -0.1) is 0 Å². The maximum Gasteiger partial charge on any atom is 0.161 e. The first-order valence-corrected chi connectivity index (χ1v) is 6.11. The fourth-order valence-electron chi connectivity index (χ4n) is 2.52. The summed E-state index contributed by atoms with van der Waals surface area (Å²) >= 11 is 0. The van der Waals surface area contributed by atoms with Crippen LogP contribution in [0.15, 0.2) is 12.1 Å². The van der Waals surface area contributed by atoms with Crippen LogP contribution in [0.1, 0.15) is 30.5 Å². The molecular weight excluding hydrogens is 214 g/mol. The van der Waals surface area contributed by atoms with E-state index in [-0.39, 0.29) is 0 Å². The molecule has 1 saturated heterocycles. The van der Waals surface area contributed by atoms with E-state index in [9.17, 15) is 0 Å². The highest BCUT2D eigenvalue weighted by molar-refractivity contribution is 5.48. The van der Waals surface area contributed by atoms with Crippen LogP contribution in [0.2, 0.25) is 0 Å². The molecule has 2 atom stereocenters. The van der Waals surface area contributed by atoms with Crippen LogP contribution in [-0.2, 0) is 0 Å². The predicted molar refractivity (Wildman–Crippen MR) is 68.8 cm³/mol. The first-order chi connectivity index (χ1) is 8.15. The number of nitrogens with one attached hydrogen (secondary N) is 1. The van der Waals surface area contributed by atoms with Crippen molar-refractivity contribution in [2.24, 2.45) is 5.92 Å². The van der Waals surface area contributed by atoms with Crippen LogP contribution >= 0.6 is 0 Å². The minimum atomic E-state index is 0.449. The first kappa shape index (κ1) is 12.2. The lowest BCUT2D eigenvalue weighted by Gasteiger charge is -2.17. The molecule has 1 aliphatic heterocycles. The monoisotopic (exact) mass is 235 g/mol. The molecule has 3 nitrogen and oxygen atoms in total. The van der Waals surface area contributed by atoms with Crippen molar-refractivity contribution in [2.45, 2.75) is 26.3 Å². The zero-order valence-electron chi connectivity index (χ0n) is 11.0. The molecule has 0 bridgehead atoms. The van der Waals surface area contributed by atoms with Crippen LogP contribution in [0, 0.1) is 12.8 Å². The van der Waals surface area contributed by atoms with Crippen molar-refractivity contribution in [3.63, 3.8) is 0 Å². The molecular formula is C14H21NO2. The molecule has 1 aromatic carbocycles. The Morgan fingerprint density at radius 1 is 1.18 bits per heavy atom. The molecule has 2 unspecified atom stereocenters. The summed E-state index contributed by atoms with van der Waals surface area (Å²) in [5.41, 5.74) is 2.58. The maximum absolute atomic E-state index is 5.37. The van der Waals surface area contributed by atoms with Gasteiger partial charge in [-0.05, 0) is 49.1 Å². The molecule has 0 saturated carbocycles. The molecule has 94 valence electrons. The lowest BCUT2D eigenvalue weighted by molar-refractivity contribution is 0.353. The Hall–Kier alpha value is -1.22. The molecule has 0 spiro atoms. The van der Waals surface area contributed by atoms with Gasteiger partial charge in [0.25, 0.3) is 0 Å². The van der Waals surface area contributed by atoms with E-state index < -0.39 is 0 Å². The summed E-state index contributed by atoms with van der Waals surface area (Å²) in [7, 11) is 3.36. The van der Waals surface area contributed by atoms with Gasteiger partial charge >= 0.3 is 0 Å². The number of aryl methyl sites for hydroxylation is 1. The summed E-state index contributed by atoms with van der Waals surface area (Å²) in [4.78, 5) is 0. The normalized spacial score (nSPS) is 23.8. The summed E-state index contributed by atoms with van der Waals surface area (Å²) in [6, 6.07) is 4.60. The molecule has 0 radical (unpaired) electrons. The highest BCUT2D eigenvalue weighted by Gasteiger charge is 2.24. The van der Waals surface area contributed by atoms with Crippen LogP contribution in [0.5, 0.6) is 11.5 Å². The lowest BCUT2D eigenvalue weighted by atomic mass is 9.97. The molecule has 0 aliphatic carbocycles. The minimum Gasteiger partial charge on any atom is -0.493 e. The fourth-order valence-corrected chi connectivity index (χ4v) is 2.52. The molecule has 2 rings (SSSR count). The standard InChI is InChI=1S/C14H21NO2/c1-9-5-12(15-8-9)11-7-14(17-4)13(16-3)6-10(11)2/h6-7,9,12,15H,5,8H2,1-4H3. The lowest BCUT2D eigenvalue weighted by Crippen LogP contribution is -2.14. The van der Waals surface area contributed by atoms with Crippen LogP contribution in [-0.4, -0.2) is 20.8 Å². The molecule has 1 aromatic rings. The summed E-state index contributed by atoms with van der Waals surface area (Å²) in [6.45, 7) is 5.50. The third-order valence-corrected chi connectivity index (χ3v) is 3.50. The zero-order chi connectivity index (χ0) is 12.4. The Kier molecular flexibility index (Phi) is 3.57. The zero-order valence-corrected chi connectivity index (χ0v) is 11.0. The van der Waals surface area contributed by atoms with E-state index in [1.807, 2.05) is 0 Å². The van der Waals surface area contributed by atoms with Crippen LogP contribution < -0.4 is 14.8 Å². The van der Waals surface area contributed by atoms with E-state index in [0.717, 1.165) is 24.0 Å². The molecule has 0 aromatic heterocycles. The molecule has 1 fully saturated rings. The maximum atomic E-state index is 5.37. The van der Waals surface area contributed by atoms with Gasteiger partial charge in [-0.1, -0.05) is 6.92 Å². The van der Waals surface area contributed by atoms with Gasteiger partial charge in [0.2, 0.25) is 0 Å². The molecule has 1 heterocycles. The largest absolute Gasteiger partial charge is 0.493 e. The topological polar surface area (TPSA) is 30.5 Å². The predicted octanol–water partition coefficient (Wildman–Crippen LogP) is 2.68. The number of rotatable bonds is 3. The minimum absolute atomic E-state index is 0.449. The Bertz CT molecular complexity index is 403. The van der Waals surface area contributed by atoms with Crippen molar-refractivity contribution in [2.75, 3.05) is 20.8 Å². The molecule has 0 amide bonds. The second-order valence-electron chi connectivity index (χ2n) is 4.87. The van der Waals surface area contributed by atoms with Gasteiger partial charge in [-0.3, -0.25) is 0 Å². The Labute approximate surface area is 103 Å². The molecule has 1 aliphatic rings. The quantitative estimate of drug-likeness (QED) is 0.873. The number of hydrogen-bond donors (Lipinski definition) is 1. The van der Waals surface area contributed by atoms with E-state index in [1.54, 1.807) is 14.2 Å². The smallest absolute Gasteiger partial charge is 0.161 e. The summed E-state index contributed by atoms with van der Waals surface area (Å²) in [5.74, 6) is 2.36. The van der Waals surface area contributed by atoms with E-state index in [0.29, 0.717) is 6.04 Å². The van der Waals surface area contributed by atoms with E-state index in [4.69, 9.17) is 9.47 Å². The van der Waals surface area contributed by atoms with Crippen molar-refractivity contribution in [3.8, 4) is 11.5 Å². The van der Waals surface area contributed by atoms with Crippen molar-refractivity contribution in [1.82, 2.24) is 5.32 Å². The first-order valence-electron chi connectivity index (χ1n) is 6.11. The SMILES string of the molecule is COc1cc(C)c(C2CC(C)CN2)cc1OC. The van der Waals surface area contributed by atoms with Gasteiger partial charge in [0.15, 0.2) is 11.5 Å². The average Bonchev–Trinajstić information content (AvgIpc) is 2.75. The number of methoxy groups -OCH3 is 2. The van der Waals surface area contributed by atoms with E-state index in [1.165, 1.54) is 17.5 Å². The Balaban J connectivity index is 2.34. The summed E-state index contributed by atoms with van der Waals surface area (Å²) in [6.07, 6.45) is 1.19. The third kappa shape index (κ3) is 2.39. The highest BCUT2D eigenvalue weighted by atomic mass is 16.5. The van der Waals surface area contributed by atoms with Crippen LogP contribution in [0.25, 0.3) is 0 Å². The highest BCUT2D eigenvalue weighted by Crippen LogP contribution is 2.36. The van der Waals surface area contributed by atoms with Crippen LogP contribution in [0.3, 0.4) is 0 Å². The summed E-state index contributed by atoms with van der Waals surface area (Å²) in [5, 5.41) is 3.56. The number of ether oxygens (including phenoxy) is 2. The van der Waals surface area contributed by atoms with Crippen molar-refractivity contribution in [3.05, 3.63) is 23.3 Å². The Morgan fingerprint density at radius 3 is 2.35 bits per heavy atom. The van der Waals surface area contributed by atoms with Crippen LogP contribution in [0.4, 0.5) is 0 Å². The van der Waals surface area contributed by atoms with Gasteiger partial charge < -0.3 is 14.8 Å². The number of benzene rings is 1. The second-order valence-corrected chi connectivity index (χ2v) is 4.87. The number of hydrogen-bond acceptors (Lipinski definition) is 3. The van der Waals surface area contributed by atoms with Crippen molar-refractivity contribution in [1.29, 1.82) is 0 Å². The van der Waals surface area contributed by atoms with Gasteiger partial charge in [0, 0.05) is 6.04 Å². The van der Waals surface area contributed by atoms with Gasteiger partial charge in [0.05, 0.1) is 14.2 Å². The summed E-state index contributed by atoms with van der Waals surface area (Å²) < 4.78 is 10.7. The Morgan fingerprint density at radius 2 is 1.82 bits per heavy atom. The third-order valence-electron chi connectivity index (χ3n) is 3.50. The van der Waals surface area contributed by atoms with E-state index in [2.05, 4.69) is 31.3 Å². The van der Waals surface area contributed by atoms with Crippen molar-refractivity contribution < 1.29 is 9.47 Å².